The molecule has 0 unspecified atom stereocenters. The van der Waals surface area contributed by atoms with Crippen molar-refractivity contribution >= 4 is 5.69 Å². The fourth-order valence-corrected chi connectivity index (χ4v) is 1.80. The Morgan fingerprint density at radius 3 is 2.71 bits per heavy atom. The third-order valence-corrected chi connectivity index (χ3v) is 2.42. The van der Waals surface area contributed by atoms with Crippen molar-refractivity contribution in [2.75, 3.05) is 11.4 Å². The number of benzene rings is 1. The van der Waals surface area contributed by atoms with Gasteiger partial charge in [-0.25, -0.2) is 0 Å². The van der Waals surface area contributed by atoms with Crippen LogP contribution in [-0.2, 0) is 0 Å². The smallest absolute Gasteiger partial charge is 0.0410 e. The van der Waals surface area contributed by atoms with Gasteiger partial charge in [-0.1, -0.05) is 30.4 Å². The quantitative estimate of drug-likeness (QED) is 0.683. The molecule has 1 aromatic carbocycles. The van der Waals surface area contributed by atoms with Crippen molar-refractivity contribution < 1.29 is 0 Å². The summed E-state index contributed by atoms with van der Waals surface area (Å²) in [5, 5.41) is 0. The lowest BCUT2D eigenvalue weighted by molar-refractivity contribution is 0.982. The fraction of sp³-hybridized carbons (Fsp3) is 0.231. The van der Waals surface area contributed by atoms with Gasteiger partial charge >= 0.3 is 0 Å². The molecule has 14 heavy (non-hydrogen) atoms. The maximum absolute atomic E-state index is 2.35. The second kappa shape index (κ2) is 4.14. The summed E-state index contributed by atoms with van der Waals surface area (Å²) in [7, 11) is 0. The lowest BCUT2D eigenvalue weighted by atomic mass is 10.3. The first kappa shape index (κ1) is 9.07. The standard InChI is InChI=1S/C13H15N/c1-2-7-12-10-6-11-14(12)13-8-4-3-5-9-13/h2-5,7-10H,6,11H2,1H3/b7-2-. The monoisotopic (exact) mass is 185 g/mol. The third-order valence-electron chi connectivity index (χ3n) is 2.42. The first-order valence-electron chi connectivity index (χ1n) is 5.07. The largest absolute Gasteiger partial charge is 0.341 e. The molecule has 1 heteroatoms. The number of allylic oxidation sites excluding steroid dienone is 2. The molecule has 1 aromatic rings. The van der Waals surface area contributed by atoms with Gasteiger partial charge < -0.3 is 4.90 Å². The van der Waals surface area contributed by atoms with Crippen LogP contribution in [0.15, 0.2) is 54.3 Å². The van der Waals surface area contributed by atoms with Crippen molar-refractivity contribution in [1.82, 2.24) is 0 Å². The number of rotatable bonds is 2. The van der Waals surface area contributed by atoms with Gasteiger partial charge in [0.25, 0.3) is 0 Å². The zero-order chi connectivity index (χ0) is 9.80. The molecule has 0 saturated carbocycles. The number of anilines is 1. The summed E-state index contributed by atoms with van der Waals surface area (Å²) in [6.07, 6.45) is 7.69. The molecule has 0 aromatic heterocycles. The minimum absolute atomic E-state index is 1.10. The van der Waals surface area contributed by atoms with Crippen LogP contribution in [0.25, 0.3) is 0 Å². The molecule has 0 saturated heterocycles. The van der Waals surface area contributed by atoms with Crippen LogP contribution in [0.3, 0.4) is 0 Å². The Labute approximate surface area is 85.4 Å². The van der Waals surface area contributed by atoms with Gasteiger partial charge in [-0.15, -0.1) is 0 Å². The molecule has 0 fully saturated rings. The van der Waals surface area contributed by atoms with Crippen LogP contribution >= 0.6 is 0 Å². The summed E-state index contributed by atoms with van der Waals surface area (Å²) in [6.45, 7) is 3.16. The van der Waals surface area contributed by atoms with Crippen molar-refractivity contribution in [3.8, 4) is 0 Å². The number of nitrogens with zero attached hydrogens (tertiary/aromatic N) is 1. The van der Waals surface area contributed by atoms with Crippen LogP contribution in [0.4, 0.5) is 5.69 Å². The fourth-order valence-electron chi connectivity index (χ4n) is 1.80. The summed E-state index contributed by atoms with van der Waals surface area (Å²) < 4.78 is 0. The van der Waals surface area contributed by atoms with Gasteiger partial charge in [0.15, 0.2) is 0 Å². The molecule has 0 amide bonds. The lowest BCUT2D eigenvalue weighted by Crippen LogP contribution is -2.17. The maximum atomic E-state index is 2.35. The molecule has 0 spiro atoms. The van der Waals surface area contributed by atoms with Crippen LogP contribution in [0.5, 0.6) is 0 Å². The molecule has 0 aliphatic carbocycles. The van der Waals surface area contributed by atoms with E-state index >= 15 is 0 Å². The van der Waals surface area contributed by atoms with E-state index in [9.17, 15) is 0 Å². The van der Waals surface area contributed by atoms with E-state index in [2.05, 4.69) is 60.4 Å². The first-order chi connectivity index (χ1) is 6.92. The second-order valence-corrected chi connectivity index (χ2v) is 3.40. The van der Waals surface area contributed by atoms with Gasteiger partial charge in [0, 0.05) is 17.9 Å². The van der Waals surface area contributed by atoms with Gasteiger partial charge in [-0.3, -0.25) is 0 Å². The van der Waals surface area contributed by atoms with Gasteiger partial charge in [-0.05, 0) is 31.6 Å². The van der Waals surface area contributed by atoms with Crippen LogP contribution < -0.4 is 4.90 Å². The summed E-state index contributed by atoms with van der Waals surface area (Å²) in [6, 6.07) is 10.5. The Morgan fingerprint density at radius 1 is 1.21 bits per heavy atom. The summed E-state index contributed by atoms with van der Waals surface area (Å²) >= 11 is 0. The topological polar surface area (TPSA) is 3.24 Å². The van der Waals surface area contributed by atoms with Crippen molar-refractivity contribution in [2.24, 2.45) is 0 Å². The van der Waals surface area contributed by atoms with Crippen molar-refractivity contribution in [1.29, 1.82) is 0 Å². The highest BCUT2D eigenvalue weighted by Crippen LogP contribution is 2.24. The Balaban J connectivity index is 2.24. The van der Waals surface area contributed by atoms with Crippen LogP contribution in [0.2, 0.25) is 0 Å². The van der Waals surface area contributed by atoms with Crippen molar-refractivity contribution in [2.45, 2.75) is 13.3 Å². The molecule has 72 valence electrons. The van der Waals surface area contributed by atoms with Gasteiger partial charge in [-0.2, -0.15) is 0 Å². The molecule has 1 nitrogen and oxygen atoms in total. The summed E-state index contributed by atoms with van der Waals surface area (Å²) in [5.41, 5.74) is 2.60. The highest BCUT2D eigenvalue weighted by Gasteiger charge is 2.13. The minimum atomic E-state index is 1.10. The van der Waals surface area contributed by atoms with E-state index in [0.29, 0.717) is 0 Å². The van der Waals surface area contributed by atoms with Gasteiger partial charge in [0.05, 0.1) is 0 Å². The highest BCUT2D eigenvalue weighted by atomic mass is 15.1. The summed E-state index contributed by atoms with van der Waals surface area (Å²) in [4.78, 5) is 2.35. The number of hydrogen-bond acceptors (Lipinski definition) is 1. The minimum Gasteiger partial charge on any atom is -0.341 e. The first-order valence-corrected chi connectivity index (χ1v) is 5.07. The molecule has 1 aliphatic heterocycles. The lowest BCUT2D eigenvalue weighted by Gasteiger charge is -2.20. The molecular weight excluding hydrogens is 170 g/mol. The third kappa shape index (κ3) is 1.72. The van der Waals surface area contributed by atoms with Crippen LogP contribution in [-0.4, -0.2) is 6.54 Å². The van der Waals surface area contributed by atoms with Gasteiger partial charge in [0.2, 0.25) is 0 Å². The normalized spacial score (nSPS) is 16.4. The Kier molecular flexibility index (Phi) is 2.68. The molecular formula is C13H15N. The van der Waals surface area contributed by atoms with Gasteiger partial charge in [0.1, 0.15) is 0 Å². The van der Waals surface area contributed by atoms with E-state index in [1.54, 1.807) is 0 Å². The Bertz CT molecular complexity index is 349. The average molecular weight is 185 g/mol. The van der Waals surface area contributed by atoms with E-state index < -0.39 is 0 Å². The van der Waals surface area contributed by atoms with Crippen LogP contribution in [0, 0.1) is 0 Å². The second-order valence-electron chi connectivity index (χ2n) is 3.40. The molecule has 1 heterocycles. The molecule has 2 rings (SSSR count). The highest BCUT2D eigenvalue weighted by molar-refractivity contribution is 5.56. The predicted molar refractivity (Wildman–Crippen MR) is 61.3 cm³/mol. The van der Waals surface area contributed by atoms with E-state index in [4.69, 9.17) is 0 Å². The van der Waals surface area contributed by atoms with E-state index in [1.165, 1.54) is 11.4 Å². The zero-order valence-electron chi connectivity index (χ0n) is 8.48. The Hall–Kier alpha value is -1.50. The average Bonchev–Trinajstić information content (AvgIpc) is 2.68. The van der Waals surface area contributed by atoms with Crippen molar-refractivity contribution in [3.05, 3.63) is 54.3 Å². The van der Waals surface area contributed by atoms with E-state index in [-0.39, 0.29) is 0 Å². The zero-order valence-corrected chi connectivity index (χ0v) is 8.48. The SMILES string of the molecule is C/C=C\C1=CCCN1c1ccccc1. The molecule has 0 radical (unpaired) electrons. The molecule has 0 atom stereocenters. The number of para-hydroxylation sites is 1. The Morgan fingerprint density at radius 2 is 2.00 bits per heavy atom. The van der Waals surface area contributed by atoms with E-state index in [0.717, 1.165) is 13.0 Å². The maximum Gasteiger partial charge on any atom is 0.0410 e. The molecule has 0 bridgehead atoms. The predicted octanol–water partition coefficient (Wildman–Crippen LogP) is 3.36. The molecule has 0 N–H and O–H groups in total. The molecule has 1 aliphatic rings. The van der Waals surface area contributed by atoms with E-state index in [1.807, 2.05) is 0 Å². The summed E-state index contributed by atoms with van der Waals surface area (Å²) in [5.74, 6) is 0. The van der Waals surface area contributed by atoms with Crippen molar-refractivity contribution in [3.63, 3.8) is 0 Å². The van der Waals surface area contributed by atoms with Crippen LogP contribution in [0.1, 0.15) is 13.3 Å². The number of hydrogen-bond donors (Lipinski definition) is 0.